The minimum absolute atomic E-state index is 0.000551. The highest BCUT2D eigenvalue weighted by atomic mass is 35.5. The van der Waals surface area contributed by atoms with Crippen LogP contribution >= 0.6 is 23.2 Å². The van der Waals surface area contributed by atoms with Gasteiger partial charge >= 0.3 is 0 Å². The molecule has 0 fully saturated rings. The van der Waals surface area contributed by atoms with Crippen LogP contribution in [0.15, 0.2) is 29.2 Å². The summed E-state index contributed by atoms with van der Waals surface area (Å²) in [7, 11) is -3.67. The third-order valence-corrected chi connectivity index (χ3v) is 3.92. The molecule has 1 aromatic heterocycles. The summed E-state index contributed by atoms with van der Waals surface area (Å²) >= 11 is 11.4. The number of nitrogens with one attached hydrogen (secondary N) is 1. The van der Waals surface area contributed by atoms with Crippen molar-refractivity contribution in [3.05, 3.63) is 40.3 Å². The van der Waals surface area contributed by atoms with Gasteiger partial charge in [0, 0.05) is 6.54 Å². The lowest BCUT2D eigenvalue weighted by atomic mass is 10.1. The van der Waals surface area contributed by atoms with E-state index in [9.17, 15) is 8.42 Å². The van der Waals surface area contributed by atoms with E-state index in [0.717, 1.165) is 5.56 Å². The van der Waals surface area contributed by atoms with Crippen molar-refractivity contribution in [1.82, 2.24) is 15.2 Å². The Balaban J connectivity index is 1.96. The molecule has 3 N–H and O–H groups in total. The van der Waals surface area contributed by atoms with E-state index < -0.39 is 10.0 Å². The monoisotopic (exact) mass is 347 g/mol. The van der Waals surface area contributed by atoms with E-state index >= 15 is 0 Å². The number of rotatable bonds is 5. The summed E-state index contributed by atoms with van der Waals surface area (Å²) < 4.78 is 22.3. The van der Waals surface area contributed by atoms with Gasteiger partial charge in [0.05, 0.1) is 4.90 Å². The standard InChI is InChI=1S/C11H11Cl2N5O2S/c12-9-10(16-11(13)18-17-9)15-6-5-7-1-3-8(4-2-7)21(14,19)20/h1-4H,5-6H2,(H2,14,19,20)(H,15,16,18). The summed E-state index contributed by atoms with van der Waals surface area (Å²) in [4.78, 5) is 3.98. The Labute approximate surface area is 131 Å². The fourth-order valence-electron chi connectivity index (χ4n) is 1.58. The van der Waals surface area contributed by atoms with Gasteiger partial charge in [-0.05, 0) is 35.7 Å². The maximum atomic E-state index is 11.1. The van der Waals surface area contributed by atoms with Crippen LogP contribution in [0, 0.1) is 0 Å². The van der Waals surface area contributed by atoms with E-state index in [4.69, 9.17) is 28.3 Å². The highest BCUT2D eigenvalue weighted by Gasteiger charge is 2.07. The van der Waals surface area contributed by atoms with Crippen LogP contribution in [0.1, 0.15) is 5.56 Å². The Morgan fingerprint density at radius 3 is 2.43 bits per heavy atom. The van der Waals surface area contributed by atoms with Crippen LogP contribution < -0.4 is 10.5 Å². The lowest BCUT2D eigenvalue weighted by Crippen LogP contribution is -2.12. The van der Waals surface area contributed by atoms with Crippen LogP contribution in [-0.2, 0) is 16.4 Å². The predicted octanol–water partition coefficient (Wildman–Crippen LogP) is 1.48. The molecule has 0 unspecified atom stereocenters. The summed E-state index contributed by atoms with van der Waals surface area (Å²) in [6.07, 6.45) is 0.628. The minimum atomic E-state index is -3.67. The summed E-state index contributed by atoms with van der Waals surface area (Å²) in [5.41, 5.74) is 0.930. The van der Waals surface area contributed by atoms with E-state index in [2.05, 4.69) is 20.5 Å². The van der Waals surface area contributed by atoms with Gasteiger partial charge in [0.1, 0.15) is 0 Å². The molecule has 1 aromatic carbocycles. The molecule has 0 radical (unpaired) electrons. The molecule has 0 saturated heterocycles. The fourth-order valence-corrected chi connectivity index (χ4v) is 2.36. The molecular formula is C11H11Cl2N5O2S. The molecule has 0 amide bonds. The molecular weight excluding hydrogens is 337 g/mol. The first-order valence-electron chi connectivity index (χ1n) is 5.77. The summed E-state index contributed by atoms with van der Waals surface area (Å²) in [5.74, 6) is 0.345. The molecule has 21 heavy (non-hydrogen) atoms. The highest BCUT2D eigenvalue weighted by molar-refractivity contribution is 7.89. The van der Waals surface area contributed by atoms with E-state index in [1.54, 1.807) is 12.1 Å². The predicted molar refractivity (Wildman–Crippen MR) is 79.9 cm³/mol. The maximum Gasteiger partial charge on any atom is 0.245 e. The molecule has 10 heteroatoms. The molecule has 2 aromatic rings. The zero-order valence-electron chi connectivity index (χ0n) is 10.6. The van der Waals surface area contributed by atoms with Crippen molar-refractivity contribution >= 4 is 39.0 Å². The van der Waals surface area contributed by atoms with Gasteiger partial charge in [-0.25, -0.2) is 13.6 Å². The number of nitrogens with two attached hydrogens (primary N) is 1. The zero-order valence-corrected chi connectivity index (χ0v) is 13.0. The van der Waals surface area contributed by atoms with Gasteiger partial charge in [-0.1, -0.05) is 23.7 Å². The Bertz CT molecular complexity index is 737. The van der Waals surface area contributed by atoms with Gasteiger partial charge in [0.15, 0.2) is 11.0 Å². The molecule has 1 heterocycles. The minimum Gasteiger partial charge on any atom is -0.367 e. The summed E-state index contributed by atoms with van der Waals surface area (Å²) in [6, 6.07) is 6.30. The third-order valence-electron chi connectivity index (χ3n) is 2.58. The van der Waals surface area contributed by atoms with Crippen LogP contribution in [-0.4, -0.2) is 30.1 Å². The first-order chi connectivity index (χ1) is 9.86. The molecule has 0 atom stereocenters. The number of hydrogen-bond acceptors (Lipinski definition) is 6. The smallest absolute Gasteiger partial charge is 0.245 e. The van der Waals surface area contributed by atoms with Crippen molar-refractivity contribution in [2.75, 3.05) is 11.9 Å². The van der Waals surface area contributed by atoms with E-state index in [1.807, 2.05) is 0 Å². The van der Waals surface area contributed by atoms with Crippen molar-refractivity contribution in [1.29, 1.82) is 0 Å². The molecule has 2 rings (SSSR count). The summed E-state index contributed by atoms with van der Waals surface area (Å²) in [5, 5.41) is 15.3. The van der Waals surface area contributed by atoms with Crippen molar-refractivity contribution < 1.29 is 8.42 Å². The van der Waals surface area contributed by atoms with Crippen molar-refractivity contribution in [3.8, 4) is 0 Å². The second-order valence-corrected chi connectivity index (χ2v) is 6.34. The quantitative estimate of drug-likeness (QED) is 0.847. The first-order valence-corrected chi connectivity index (χ1v) is 8.08. The Hall–Kier alpha value is -1.48. The Morgan fingerprint density at radius 1 is 1.14 bits per heavy atom. The van der Waals surface area contributed by atoms with Gasteiger partial charge in [-0.3, -0.25) is 0 Å². The molecule has 0 aliphatic rings. The largest absolute Gasteiger partial charge is 0.367 e. The zero-order chi connectivity index (χ0) is 15.5. The van der Waals surface area contributed by atoms with Crippen LogP contribution in [0.2, 0.25) is 10.4 Å². The van der Waals surface area contributed by atoms with Crippen LogP contribution in [0.5, 0.6) is 0 Å². The number of halogens is 2. The fraction of sp³-hybridized carbons (Fsp3) is 0.182. The van der Waals surface area contributed by atoms with Gasteiger partial charge in [-0.2, -0.15) is 4.98 Å². The summed E-state index contributed by atoms with van der Waals surface area (Å²) in [6.45, 7) is 0.517. The van der Waals surface area contributed by atoms with Crippen LogP contribution in [0.3, 0.4) is 0 Å². The Kier molecular flexibility index (Phi) is 4.94. The number of hydrogen-bond donors (Lipinski definition) is 2. The lowest BCUT2D eigenvalue weighted by molar-refractivity contribution is 0.598. The average Bonchev–Trinajstić information content (AvgIpc) is 2.42. The number of anilines is 1. The SMILES string of the molecule is NS(=O)(=O)c1ccc(CCNc2nc(Cl)nnc2Cl)cc1. The third kappa shape index (κ3) is 4.50. The van der Waals surface area contributed by atoms with Crippen molar-refractivity contribution in [2.24, 2.45) is 5.14 Å². The maximum absolute atomic E-state index is 11.1. The molecule has 0 bridgehead atoms. The van der Waals surface area contributed by atoms with Gasteiger partial charge in [-0.15, -0.1) is 10.2 Å². The molecule has 0 saturated carbocycles. The molecule has 0 aliphatic heterocycles. The highest BCUT2D eigenvalue weighted by Crippen LogP contribution is 2.16. The number of aromatic nitrogens is 3. The Morgan fingerprint density at radius 2 is 1.81 bits per heavy atom. The number of sulfonamides is 1. The second-order valence-electron chi connectivity index (χ2n) is 4.09. The lowest BCUT2D eigenvalue weighted by Gasteiger charge is -2.07. The molecule has 0 aliphatic carbocycles. The average molecular weight is 348 g/mol. The molecule has 0 spiro atoms. The van der Waals surface area contributed by atoms with Crippen molar-refractivity contribution in [3.63, 3.8) is 0 Å². The van der Waals surface area contributed by atoms with Crippen LogP contribution in [0.25, 0.3) is 0 Å². The van der Waals surface area contributed by atoms with E-state index in [-0.39, 0.29) is 15.3 Å². The number of benzene rings is 1. The molecule has 7 nitrogen and oxygen atoms in total. The van der Waals surface area contributed by atoms with E-state index in [0.29, 0.717) is 18.8 Å². The number of primary sulfonamides is 1. The van der Waals surface area contributed by atoms with E-state index in [1.165, 1.54) is 12.1 Å². The van der Waals surface area contributed by atoms with Gasteiger partial charge in [0.25, 0.3) is 0 Å². The molecule has 112 valence electrons. The van der Waals surface area contributed by atoms with Gasteiger partial charge < -0.3 is 5.32 Å². The first kappa shape index (κ1) is 15.9. The van der Waals surface area contributed by atoms with Crippen LogP contribution in [0.4, 0.5) is 5.82 Å². The van der Waals surface area contributed by atoms with Gasteiger partial charge in [0.2, 0.25) is 15.3 Å². The number of nitrogens with zero attached hydrogens (tertiary/aromatic N) is 3. The second kappa shape index (κ2) is 6.52. The van der Waals surface area contributed by atoms with Crippen molar-refractivity contribution in [2.45, 2.75) is 11.3 Å². The topological polar surface area (TPSA) is 111 Å². The normalized spacial score (nSPS) is 11.4.